The van der Waals surface area contributed by atoms with Crippen LogP contribution in [0.2, 0.25) is 0 Å². The maximum Gasteiger partial charge on any atom is 0.326 e. The molecule has 1 aliphatic rings. The first kappa shape index (κ1) is 16.3. The molecular weight excluding hydrogens is 274 g/mol. The Morgan fingerprint density at radius 2 is 1.95 bits per heavy atom. The molecule has 0 spiro atoms. The number of amides is 2. The predicted molar refractivity (Wildman–Crippen MR) is 65.2 cm³/mol. The fraction of sp³-hybridized carbons (Fsp3) is 0.750. The van der Waals surface area contributed by atoms with E-state index in [-0.39, 0.29) is 25.3 Å². The van der Waals surface area contributed by atoms with E-state index in [1.807, 2.05) is 0 Å². The van der Waals surface area contributed by atoms with Crippen molar-refractivity contribution in [1.82, 2.24) is 10.2 Å². The molecule has 1 saturated heterocycles. The van der Waals surface area contributed by atoms with Gasteiger partial charge in [-0.15, -0.1) is 0 Å². The lowest BCUT2D eigenvalue weighted by atomic mass is 9.91. The number of hydrogen-bond donors (Lipinski definition) is 2. The summed E-state index contributed by atoms with van der Waals surface area (Å²) in [6, 6.07) is -1.30. The van der Waals surface area contributed by atoms with Gasteiger partial charge in [-0.25, -0.2) is 4.79 Å². The summed E-state index contributed by atoms with van der Waals surface area (Å²) in [6.45, 7) is 0.846. The van der Waals surface area contributed by atoms with Crippen LogP contribution >= 0.6 is 0 Å². The number of rotatable bonds is 4. The van der Waals surface area contributed by atoms with Gasteiger partial charge in [0.05, 0.1) is 5.92 Å². The molecule has 20 heavy (non-hydrogen) atoms. The van der Waals surface area contributed by atoms with Crippen molar-refractivity contribution in [2.75, 3.05) is 13.6 Å². The lowest BCUT2D eigenvalue weighted by molar-refractivity contribution is -0.169. The zero-order chi connectivity index (χ0) is 15.5. The number of carbonyl (C=O) groups is 3. The number of piperidine rings is 1. The topological polar surface area (TPSA) is 86.7 Å². The Bertz CT molecular complexity index is 414. The molecule has 2 amide bonds. The van der Waals surface area contributed by atoms with Crippen molar-refractivity contribution >= 4 is 17.8 Å². The molecule has 0 aromatic rings. The second-order valence-electron chi connectivity index (χ2n) is 4.76. The number of hydrogen-bond acceptors (Lipinski definition) is 3. The van der Waals surface area contributed by atoms with Gasteiger partial charge in [-0.05, 0) is 12.8 Å². The summed E-state index contributed by atoms with van der Waals surface area (Å²) < 4.78 is 27.0. The first-order valence-electron chi connectivity index (χ1n) is 6.37. The molecule has 2 N–H and O–H groups in total. The van der Waals surface area contributed by atoms with Crippen LogP contribution in [0.4, 0.5) is 8.78 Å². The summed E-state index contributed by atoms with van der Waals surface area (Å²) in [6.07, 6.45) is -0.476. The third-order valence-corrected chi connectivity index (χ3v) is 3.50. The van der Waals surface area contributed by atoms with Gasteiger partial charge in [0.25, 0.3) is 5.91 Å². The first-order chi connectivity index (χ1) is 9.24. The Morgan fingerprint density at radius 1 is 1.35 bits per heavy atom. The van der Waals surface area contributed by atoms with Crippen LogP contribution in [0.5, 0.6) is 0 Å². The largest absolute Gasteiger partial charge is 0.480 e. The molecule has 1 heterocycles. The van der Waals surface area contributed by atoms with Crippen molar-refractivity contribution in [3.05, 3.63) is 0 Å². The third kappa shape index (κ3) is 3.23. The molecule has 0 aliphatic carbocycles. The number of halogens is 2. The van der Waals surface area contributed by atoms with E-state index in [1.165, 1.54) is 7.05 Å². The van der Waals surface area contributed by atoms with Crippen molar-refractivity contribution in [3.63, 3.8) is 0 Å². The highest BCUT2D eigenvalue weighted by atomic mass is 19.3. The smallest absolute Gasteiger partial charge is 0.326 e. The van der Waals surface area contributed by atoms with Gasteiger partial charge in [-0.1, -0.05) is 6.92 Å². The molecule has 1 rings (SSSR count). The lowest BCUT2D eigenvalue weighted by Gasteiger charge is -2.38. The van der Waals surface area contributed by atoms with Crippen LogP contribution in [0.1, 0.15) is 26.2 Å². The number of nitrogens with zero attached hydrogens (tertiary/aromatic N) is 1. The maximum absolute atomic E-state index is 13.5. The Balaban J connectivity index is 2.98. The van der Waals surface area contributed by atoms with Crippen LogP contribution in [0.15, 0.2) is 0 Å². The second kappa shape index (κ2) is 6.15. The average Bonchev–Trinajstić information content (AvgIpc) is 2.44. The minimum absolute atomic E-state index is 0.0149. The van der Waals surface area contributed by atoms with Crippen molar-refractivity contribution < 1.29 is 28.3 Å². The van der Waals surface area contributed by atoms with Crippen molar-refractivity contribution in [1.29, 1.82) is 0 Å². The van der Waals surface area contributed by atoms with Crippen molar-refractivity contribution in [3.8, 4) is 0 Å². The number of likely N-dealkylation sites (tertiary alicyclic amines) is 1. The van der Waals surface area contributed by atoms with E-state index < -0.39 is 36.2 Å². The molecular formula is C12H18F2N2O4. The SMILES string of the molecule is CCC(F)(F)C(=O)N1C[C@@H](C(=O)NC)CC[C@H]1C(=O)O. The molecule has 0 unspecified atom stereocenters. The van der Waals surface area contributed by atoms with Crippen LogP contribution < -0.4 is 5.32 Å². The summed E-state index contributed by atoms with van der Waals surface area (Å²) in [5, 5.41) is 11.4. The molecule has 1 fully saturated rings. The lowest BCUT2D eigenvalue weighted by Crippen LogP contribution is -2.57. The first-order valence-corrected chi connectivity index (χ1v) is 6.37. The average molecular weight is 292 g/mol. The number of nitrogens with one attached hydrogen (secondary N) is 1. The van der Waals surface area contributed by atoms with Gasteiger partial charge in [0.2, 0.25) is 5.91 Å². The fourth-order valence-electron chi connectivity index (χ4n) is 2.23. The number of aliphatic carboxylic acids is 1. The molecule has 0 aromatic carbocycles. The zero-order valence-electron chi connectivity index (χ0n) is 11.4. The van der Waals surface area contributed by atoms with E-state index in [0.717, 1.165) is 6.92 Å². The van der Waals surface area contributed by atoms with Crippen LogP contribution in [-0.2, 0) is 14.4 Å². The van der Waals surface area contributed by atoms with E-state index in [2.05, 4.69) is 5.32 Å². The van der Waals surface area contributed by atoms with Crippen LogP contribution in [-0.4, -0.2) is 53.3 Å². The quantitative estimate of drug-likeness (QED) is 0.788. The highest BCUT2D eigenvalue weighted by molar-refractivity contribution is 5.89. The second-order valence-corrected chi connectivity index (χ2v) is 4.76. The van der Waals surface area contributed by atoms with E-state index in [1.54, 1.807) is 0 Å². The summed E-state index contributed by atoms with van der Waals surface area (Å²) >= 11 is 0. The van der Waals surface area contributed by atoms with Gasteiger partial charge in [0.15, 0.2) is 0 Å². The molecule has 6 nitrogen and oxygen atoms in total. The molecule has 0 bridgehead atoms. The highest BCUT2D eigenvalue weighted by Gasteiger charge is 2.47. The summed E-state index contributed by atoms with van der Waals surface area (Å²) in [5.74, 6) is -7.52. The normalized spacial score (nSPS) is 23.3. The summed E-state index contributed by atoms with van der Waals surface area (Å²) in [5.41, 5.74) is 0. The van der Waals surface area contributed by atoms with Gasteiger partial charge in [-0.3, -0.25) is 9.59 Å². The fourth-order valence-corrected chi connectivity index (χ4v) is 2.23. The predicted octanol–water partition coefficient (Wildman–Crippen LogP) is 0.469. The Labute approximate surface area is 115 Å². The van der Waals surface area contributed by atoms with Crippen LogP contribution in [0.3, 0.4) is 0 Å². The van der Waals surface area contributed by atoms with Gasteiger partial charge in [0, 0.05) is 20.0 Å². The highest BCUT2D eigenvalue weighted by Crippen LogP contribution is 2.28. The minimum atomic E-state index is -3.61. The van der Waals surface area contributed by atoms with Crippen LogP contribution in [0.25, 0.3) is 0 Å². The Morgan fingerprint density at radius 3 is 2.40 bits per heavy atom. The zero-order valence-corrected chi connectivity index (χ0v) is 11.4. The Kier molecular flexibility index (Phi) is 5.02. The summed E-state index contributed by atoms with van der Waals surface area (Å²) in [4.78, 5) is 35.1. The number of alkyl halides is 2. The maximum atomic E-state index is 13.5. The monoisotopic (exact) mass is 292 g/mol. The van der Waals surface area contributed by atoms with E-state index in [4.69, 9.17) is 5.11 Å². The molecule has 8 heteroatoms. The van der Waals surface area contributed by atoms with E-state index >= 15 is 0 Å². The minimum Gasteiger partial charge on any atom is -0.480 e. The van der Waals surface area contributed by atoms with Gasteiger partial charge in [-0.2, -0.15) is 8.78 Å². The van der Waals surface area contributed by atoms with Gasteiger partial charge >= 0.3 is 11.9 Å². The van der Waals surface area contributed by atoms with Crippen LogP contribution in [0, 0.1) is 5.92 Å². The standard InChI is InChI=1S/C12H18F2N2O4/c1-3-12(13,14)11(20)16-6-7(9(17)15-2)4-5-8(16)10(18)19/h7-8H,3-6H2,1-2H3,(H,15,17)(H,18,19)/t7-,8-/m0/s1. The van der Waals surface area contributed by atoms with Crippen molar-refractivity contribution in [2.24, 2.45) is 5.92 Å². The number of carboxylic acids is 1. The number of carbonyl (C=O) groups excluding carboxylic acids is 2. The molecule has 2 atom stereocenters. The van der Waals surface area contributed by atoms with Crippen molar-refractivity contribution in [2.45, 2.75) is 38.2 Å². The summed E-state index contributed by atoms with van der Waals surface area (Å²) in [7, 11) is 1.40. The van der Waals surface area contributed by atoms with E-state index in [9.17, 15) is 23.2 Å². The van der Waals surface area contributed by atoms with Gasteiger partial charge in [0.1, 0.15) is 6.04 Å². The molecule has 0 aromatic heterocycles. The molecule has 0 saturated carbocycles. The number of carboxylic acid groups (broad SMARTS) is 1. The Hall–Kier alpha value is -1.73. The molecule has 114 valence electrons. The van der Waals surface area contributed by atoms with E-state index in [0.29, 0.717) is 4.90 Å². The third-order valence-electron chi connectivity index (χ3n) is 3.50. The molecule has 0 radical (unpaired) electrons. The van der Waals surface area contributed by atoms with Gasteiger partial charge < -0.3 is 15.3 Å². The molecule has 1 aliphatic heterocycles.